The van der Waals surface area contributed by atoms with Gasteiger partial charge in [-0.15, -0.1) is 0 Å². The fourth-order valence-corrected chi connectivity index (χ4v) is 2.93. The highest BCUT2D eigenvalue weighted by Crippen LogP contribution is 2.23. The smallest absolute Gasteiger partial charge is 0.292 e. The highest BCUT2D eigenvalue weighted by atomic mass is 35.5. The topological polar surface area (TPSA) is 54.0 Å². The quantitative estimate of drug-likeness (QED) is 0.840. The van der Waals surface area contributed by atoms with Crippen LogP contribution < -0.4 is 10.2 Å². The lowest BCUT2D eigenvalue weighted by Crippen LogP contribution is -2.92. The molecule has 124 valence electrons. The highest BCUT2D eigenvalue weighted by Gasteiger charge is 2.41. The lowest BCUT2D eigenvalue weighted by atomic mass is 10.1. The number of nitrogens with zero attached hydrogens (tertiary/aromatic N) is 1. The normalized spacial score (nSPS) is 17.6. The molecule has 1 atom stereocenters. The van der Waals surface area contributed by atoms with E-state index in [-0.39, 0.29) is 24.1 Å². The molecule has 24 heavy (non-hydrogen) atoms. The van der Waals surface area contributed by atoms with Crippen LogP contribution in [0.15, 0.2) is 48.5 Å². The number of quaternary nitrogens is 1. The molecule has 1 aliphatic heterocycles. The number of benzene rings is 2. The van der Waals surface area contributed by atoms with E-state index in [1.54, 1.807) is 36.4 Å². The molecular formula is C18H17ClFN2O2+. The van der Waals surface area contributed by atoms with Crippen molar-refractivity contribution in [3.05, 3.63) is 64.9 Å². The van der Waals surface area contributed by atoms with E-state index in [4.69, 9.17) is 11.6 Å². The van der Waals surface area contributed by atoms with E-state index in [1.165, 1.54) is 17.0 Å². The summed E-state index contributed by atoms with van der Waals surface area (Å²) in [5.74, 6) is -0.676. The first-order valence-corrected chi connectivity index (χ1v) is 8.12. The first kappa shape index (κ1) is 16.6. The molecule has 3 rings (SSSR count). The number of rotatable bonds is 5. The van der Waals surface area contributed by atoms with Gasteiger partial charge in [-0.3, -0.25) is 9.59 Å². The molecule has 0 spiro atoms. The van der Waals surface area contributed by atoms with Crippen LogP contribution in [0.5, 0.6) is 0 Å². The maximum atomic E-state index is 12.9. The number of carbonyl (C=O) groups excluding carboxylic acids is 2. The van der Waals surface area contributed by atoms with Crippen molar-refractivity contribution in [3.8, 4) is 0 Å². The van der Waals surface area contributed by atoms with Crippen LogP contribution in [0.25, 0.3) is 0 Å². The van der Waals surface area contributed by atoms with Crippen LogP contribution >= 0.6 is 11.6 Å². The van der Waals surface area contributed by atoms with Crippen LogP contribution in [-0.2, 0) is 16.0 Å². The second-order valence-corrected chi connectivity index (χ2v) is 6.19. The molecule has 0 radical (unpaired) electrons. The molecule has 1 fully saturated rings. The number of nitrogens with two attached hydrogens (primary N) is 1. The summed E-state index contributed by atoms with van der Waals surface area (Å²) in [7, 11) is 0. The van der Waals surface area contributed by atoms with Crippen molar-refractivity contribution in [2.24, 2.45) is 0 Å². The first-order valence-electron chi connectivity index (χ1n) is 7.75. The molecule has 0 aliphatic carbocycles. The van der Waals surface area contributed by atoms with Gasteiger partial charge in [0.15, 0.2) is 6.04 Å². The minimum atomic E-state index is -0.409. The Morgan fingerprint density at radius 2 is 1.75 bits per heavy atom. The number of halogens is 2. The monoisotopic (exact) mass is 347 g/mol. The van der Waals surface area contributed by atoms with Gasteiger partial charge in [0, 0.05) is 11.4 Å². The van der Waals surface area contributed by atoms with Crippen molar-refractivity contribution in [3.63, 3.8) is 0 Å². The molecule has 2 aromatic carbocycles. The van der Waals surface area contributed by atoms with E-state index in [9.17, 15) is 14.0 Å². The molecule has 4 nitrogen and oxygen atoms in total. The SMILES string of the molecule is O=C1C[C@@H]([NH2+]CCc2ccc(F)cc2)C(=O)N1c1ccc(Cl)cc1. The Morgan fingerprint density at radius 3 is 2.42 bits per heavy atom. The van der Waals surface area contributed by atoms with E-state index < -0.39 is 6.04 Å². The molecule has 1 aliphatic rings. The van der Waals surface area contributed by atoms with Gasteiger partial charge in [0.1, 0.15) is 5.82 Å². The second-order valence-electron chi connectivity index (χ2n) is 5.76. The van der Waals surface area contributed by atoms with E-state index in [1.807, 2.05) is 5.32 Å². The number of carbonyl (C=O) groups is 2. The average Bonchev–Trinajstić information content (AvgIpc) is 2.85. The summed E-state index contributed by atoms with van der Waals surface area (Å²) < 4.78 is 12.9. The number of hydrogen-bond donors (Lipinski definition) is 1. The van der Waals surface area contributed by atoms with Gasteiger partial charge in [-0.1, -0.05) is 23.7 Å². The molecule has 0 bridgehead atoms. The van der Waals surface area contributed by atoms with Crippen molar-refractivity contribution >= 4 is 29.1 Å². The molecule has 2 amide bonds. The summed E-state index contributed by atoms with van der Waals surface area (Å²) in [4.78, 5) is 25.9. The van der Waals surface area contributed by atoms with Crippen molar-refractivity contribution < 1.29 is 19.3 Å². The third kappa shape index (κ3) is 3.63. The Hall–Kier alpha value is -2.24. The Balaban J connectivity index is 1.59. The summed E-state index contributed by atoms with van der Waals surface area (Å²) in [5, 5.41) is 2.43. The summed E-state index contributed by atoms with van der Waals surface area (Å²) in [5.41, 5.74) is 1.54. The van der Waals surface area contributed by atoms with Crippen LogP contribution in [0.3, 0.4) is 0 Å². The number of amides is 2. The van der Waals surface area contributed by atoms with E-state index >= 15 is 0 Å². The standard InChI is InChI=1S/C18H16ClFN2O2/c19-13-3-7-15(8-4-13)22-17(23)11-16(18(22)24)21-10-9-12-1-5-14(20)6-2-12/h1-8,16,21H,9-11H2/p+1/t16-/m1/s1. The van der Waals surface area contributed by atoms with Crippen LogP contribution in [0.1, 0.15) is 12.0 Å². The first-order chi connectivity index (χ1) is 11.5. The molecule has 0 saturated carbocycles. The van der Waals surface area contributed by atoms with Gasteiger partial charge in [0.25, 0.3) is 5.91 Å². The maximum Gasteiger partial charge on any atom is 0.292 e. The van der Waals surface area contributed by atoms with E-state index in [2.05, 4.69) is 0 Å². The number of anilines is 1. The average molecular weight is 348 g/mol. The summed E-state index contributed by atoms with van der Waals surface area (Å²) in [6, 6.07) is 12.5. The van der Waals surface area contributed by atoms with Crippen molar-refractivity contribution in [1.29, 1.82) is 0 Å². The predicted molar refractivity (Wildman–Crippen MR) is 89.2 cm³/mol. The van der Waals surface area contributed by atoms with Crippen LogP contribution in [0, 0.1) is 5.82 Å². The van der Waals surface area contributed by atoms with Gasteiger partial charge in [-0.2, -0.15) is 0 Å². The zero-order chi connectivity index (χ0) is 17.1. The number of imide groups is 1. The van der Waals surface area contributed by atoms with Gasteiger partial charge in [-0.05, 0) is 42.0 Å². The highest BCUT2D eigenvalue weighted by molar-refractivity contribution is 6.30. The summed E-state index contributed by atoms with van der Waals surface area (Å²) in [6.07, 6.45) is 0.893. The van der Waals surface area contributed by atoms with Gasteiger partial charge in [-0.25, -0.2) is 9.29 Å². The Labute approximate surface area is 144 Å². The molecular weight excluding hydrogens is 331 g/mol. The molecule has 6 heteroatoms. The maximum absolute atomic E-state index is 12.9. The van der Waals surface area contributed by atoms with Gasteiger partial charge < -0.3 is 5.32 Å². The lowest BCUT2D eigenvalue weighted by Gasteiger charge is -2.14. The number of hydrogen-bond acceptors (Lipinski definition) is 2. The predicted octanol–water partition coefficient (Wildman–Crippen LogP) is 1.92. The zero-order valence-electron chi connectivity index (χ0n) is 12.9. The molecule has 0 aromatic heterocycles. The van der Waals surface area contributed by atoms with Gasteiger partial charge in [0.05, 0.1) is 18.7 Å². The summed E-state index contributed by atoms with van der Waals surface area (Å²) in [6.45, 7) is 0.657. The third-order valence-corrected chi connectivity index (χ3v) is 4.32. The Bertz CT molecular complexity index is 747. The van der Waals surface area contributed by atoms with Crippen molar-refractivity contribution in [1.82, 2.24) is 0 Å². The zero-order valence-corrected chi connectivity index (χ0v) is 13.7. The van der Waals surface area contributed by atoms with Gasteiger partial charge >= 0.3 is 0 Å². The van der Waals surface area contributed by atoms with Crippen LogP contribution in [0.4, 0.5) is 10.1 Å². The Kier molecular flexibility index (Phi) is 4.92. The minimum Gasteiger partial charge on any atom is -0.335 e. The third-order valence-electron chi connectivity index (χ3n) is 4.06. The molecule has 1 saturated heterocycles. The molecule has 1 heterocycles. The van der Waals surface area contributed by atoms with Crippen LogP contribution in [-0.4, -0.2) is 24.4 Å². The largest absolute Gasteiger partial charge is 0.335 e. The van der Waals surface area contributed by atoms with Crippen molar-refractivity contribution in [2.45, 2.75) is 18.9 Å². The minimum absolute atomic E-state index is 0.185. The van der Waals surface area contributed by atoms with E-state index in [0.29, 0.717) is 23.7 Å². The summed E-state index contributed by atoms with van der Waals surface area (Å²) >= 11 is 5.84. The molecule has 2 aromatic rings. The Morgan fingerprint density at radius 1 is 1.08 bits per heavy atom. The van der Waals surface area contributed by atoms with Crippen molar-refractivity contribution in [2.75, 3.05) is 11.4 Å². The molecule has 2 N–H and O–H groups in total. The van der Waals surface area contributed by atoms with Gasteiger partial charge in [0.2, 0.25) is 5.91 Å². The fraction of sp³-hybridized carbons (Fsp3) is 0.222. The fourth-order valence-electron chi connectivity index (χ4n) is 2.80. The van der Waals surface area contributed by atoms with Crippen LogP contribution in [0.2, 0.25) is 5.02 Å². The lowest BCUT2D eigenvalue weighted by molar-refractivity contribution is -0.674. The second kappa shape index (κ2) is 7.11. The molecule has 0 unspecified atom stereocenters. The van der Waals surface area contributed by atoms with E-state index in [0.717, 1.165) is 5.56 Å².